The molecule has 0 spiro atoms. The van der Waals surface area contributed by atoms with Gasteiger partial charge < -0.3 is 9.13 Å². The Balaban J connectivity index is 1.42. The molecule has 6 nitrogen and oxygen atoms in total. The fourth-order valence-electron chi connectivity index (χ4n) is 6.76. The number of benzene rings is 5. The van der Waals surface area contributed by atoms with E-state index in [9.17, 15) is 5.26 Å². The Bertz CT molecular complexity index is 2630. The number of imidazole rings is 1. The van der Waals surface area contributed by atoms with E-state index in [2.05, 4.69) is 98.9 Å². The lowest BCUT2D eigenvalue weighted by atomic mass is 10.0. The number of pyridine rings is 1. The first-order valence-electron chi connectivity index (χ1n) is 14.5. The summed E-state index contributed by atoms with van der Waals surface area (Å²) in [6, 6.07) is 46.1. The molecule has 4 heterocycles. The van der Waals surface area contributed by atoms with E-state index in [4.69, 9.17) is 4.98 Å². The summed E-state index contributed by atoms with van der Waals surface area (Å²) in [5, 5.41) is 14.5. The maximum Gasteiger partial charge on any atom is 0.244 e. The highest BCUT2D eigenvalue weighted by Crippen LogP contribution is 2.40. The third-order valence-electron chi connectivity index (χ3n) is 8.62. The quantitative estimate of drug-likeness (QED) is 0.163. The summed E-state index contributed by atoms with van der Waals surface area (Å²) in [5.74, 6) is 0. The normalized spacial score (nSPS) is 11.7. The number of nitriles is 1. The highest BCUT2D eigenvalue weighted by molar-refractivity contribution is 6.20. The fraction of sp³-hybridized carbons (Fsp3) is 0.0263. The first kappa shape index (κ1) is 24.4. The van der Waals surface area contributed by atoms with Crippen molar-refractivity contribution in [1.82, 2.24) is 18.7 Å². The molecular formula is C38H24N6. The van der Waals surface area contributed by atoms with Crippen LogP contribution in [0.15, 0.2) is 127 Å². The summed E-state index contributed by atoms with van der Waals surface area (Å²) < 4.78 is 8.46. The smallest absolute Gasteiger partial charge is 0.244 e. The molecule has 0 aliphatic carbocycles. The van der Waals surface area contributed by atoms with Crippen molar-refractivity contribution in [3.05, 3.63) is 139 Å². The van der Waals surface area contributed by atoms with Gasteiger partial charge in [-0.1, -0.05) is 91.0 Å². The number of aromatic nitrogens is 5. The van der Waals surface area contributed by atoms with Crippen molar-refractivity contribution in [2.75, 3.05) is 0 Å². The van der Waals surface area contributed by atoms with Gasteiger partial charge in [0.05, 0.1) is 40.4 Å². The molecule has 44 heavy (non-hydrogen) atoms. The summed E-state index contributed by atoms with van der Waals surface area (Å²) in [7, 11) is 2.01. The first-order valence-corrected chi connectivity index (χ1v) is 14.5. The molecule has 5 aromatic carbocycles. The molecule has 0 atom stereocenters. The zero-order valence-corrected chi connectivity index (χ0v) is 23.8. The van der Waals surface area contributed by atoms with Crippen LogP contribution in [0.3, 0.4) is 0 Å². The molecular weight excluding hydrogens is 540 g/mol. The van der Waals surface area contributed by atoms with E-state index in [1.165, 1.54) is 0 Å². The first-order chi connectivity index (χ1) is 21.7. The minimum absolute atomic E-state index is 0.638. The van der Waals surface area contributed by atoms with Gasteiger partial charge in [-0.05, 0) is 36.4 Å². The third kappa shape index (κ3) is 3.29. The number of aryl methyl sites for hydroxylation is 1. The number of fused-ring (bicyclic) bond motifs is 7. The van der Waals surface area contributed by atoms with Crippen molar-refractivity contribution in [2.45, 2.75) is 0 Å². The van der Waals surface area contributed by atoms with E-state index in [1.54, 1.807) is 0 Å². The van der Waals surface area contributed by atoms with Gasteiger partial charge in [-0.3, -0.25) is 9.13 Å². The van der Waals surface area contributed by atoms with Crippen LogP contribution in [0.5, 0.6) is 0 Å². The van der Waals surface area contributed by atoms with Crippen LogP contribution in [-0.2, 0) is 7.05 Å². The minimum Gasteiger partial charge on any atom is -0.319 e. The van der Waals surface area contributed by atoms with Crippen molar-refractivity contribution in [3.8, 4) is 23.1 Å². The van der Waals surface area contributed by atoms with Gasteiger partial charge >= 0.3 is 0 Å². The molecule has 0 fully saturated rings. The number of nitrogens with zero attached hydrogens (tertiary/aromatic N) is 6. The second kappa shape index (κ2) is 9.15. The monoisotopic (exact) mass is 564 g/mol. The van der Waals surface area contributed by atoms with E-state index in [0.717, 1.165) is 72.0 Å². The van der Waals surface area contributed by atoms with Crippen LogP contribution < -0.4 is 4.57 Å². The molecule has 0 radical (unpaired) electrons. The van der Waals surface area contributed by atoms with Crippen LogP contribution in [0.2, 0.25) is 0 Å². The van der Waals surface area contributed by atoms with Crippen molar-refractivity contribution in [3.63, 3.8) is 0 Å². The van der Waals surface area contributed by atoms with Crippen molar-refractivity contribution in [2.24, 2.45) is 7.05 Å². The number of para-hydroxylation sites is 5. The molecule has 206 valence electrons. The van der Waals surface area contributed by atoms with Crippen LogP contribution in [0.25, 0.3) is 72.0 Å². The molecule has 0 aliphatic heterocycles. The molecule has 6 heteroatoms. The second-order valence-corrected chi connectivity index (χ2v) is 11.0. The van der Waals surface area contributed by atoms with Gasteiger partial charge in [-0.2, -0.15) is 5.26 Å². The van der Waals surface area contributed by atoms with Gasteiger partial charge in [0.25, 0.3) is 0 Å². The Hall–Kier alpha value is -6.19. The maximum atomic E-state index is 10.8. The lowest BCUT2D eigenvalue weighted by Gasteiger charge is -2.12. The Morgan fingerprint density at radius 2 is 1.16 bits per heavy atom. The summed E-state index contributed by atoms with van der Waals surface area (Å²) in [6.07, 6.45) is 3.46. The molecule has 0 bridgehead atoms. The highest BCUT2D eigenvalue weighted by Gasteiger charge is 2.24. The lowest BCUT2D eigenvalue weighted by Crippen LogP contribution is -2.26. The molecule has 9 aromatic rings. The third-order valence-corrected chi connectivity index (χ3v) is 8.62. The van der Waals surface area contributed by atoms with Gasteiger partial charge in [0, 0.05) is 32.9 Å². The summed E-state index contributed by atoms with van der Waals surface area (Å²) in [5.41, 5.74) is 9.30. The van der Waals surface area contributed by atoms with Crippen molar-refractivity contribution < 1.29 is 4.57 Å². The SMILES string of the molecule is C[n+]1[c-]n(-c2cccc(-n3c4ccccc4c4c(C#N)c5c6ccccc6n(-c6ccccc6)c5nc43)c2)c2ccccc21. The Morgan fingerprint density at radius 1 is 0.614 bits per heavy atom. The van der Waals surface area contributed by atoms with Gasteiger partial charge in [0.2, 0.25) is 6.33 Å². The Morgan fingerprint density at radius 3 is 1.84 bits per heavy atom. The van der Waals surface area contributed by atoms with Crippen LogP contribution in [0, 0.1) is 17.7 Å². The van der Waals surface area contributed by atoms with Crippen LogP contribution in [0.1, 0.15) is 5.56 Å². The minimum atomic E-state index is 0.638. The zero-order chi connectivity index (χ0) is 29.4. The van der Waals surface area contributed by atoms with Crippen LogP contribution in [0.4, 0.5) is 0 Å². The topological polar surface area (TPSA) is 55.4 Å². The molecule has 0 saturated heterocycles. The lowest BCUT2D eigenvalue weighted by molar-refractivity contribution is -0.649. The maximum absolute atomic E-state index is 10.8. The standard InChI is InChI=1S/C38H24N6/c1-41-24-42(34-21-10-9-20-33(34)41)26-14-11-15-27(22-26)44-32-19-8-6-17-29(32)36-30(23-39)35-28-16-5-7-18-31(28)43(37(35)40-38(36)44)25-12-3-2-4-13-25/h2-22H,1H3. The molecule has 4 aromatic heterocycles. The second-order valence-electron chi connectivity index (χ2n) is 11.0. The average Bonchev–Trinajstić information content (AvgIpc) is 3.71. The molecule has 0 N–H and O–H groups in total. The fourth-order valence-corrected chi connectivity index (χ4v) is 6.76. The predicted octanol–water partition coefficient (Wildman–Crippen LogP) is 7.72. The number of hydrogen-bond donors (Lipinski definition) is 0. The van der Waals surface area contributed by atoms with Gasteiger partial charge in [0.1, 0.15) is 17.4 Å². The van der Waals surface area contributed by atoms with Gasteiger partial charge in [0.15, 0.2) is 0 Å². The average molecular weight is 565 g/mol. The Labute approximate surface area is 252 Å². The van der Waals surface area contributed by atoms with E-state index in [-0.39, 0.29) is 0 Å². The molecule has 0 aliphatic rings. The van der Waals surface area contributed by atoms with E-state index >= 15 is 0 Å². The summed E-state index contributed by atoms with van der Waals surface area (Å²) in [4.78, 5) is 5.43. The summed E-state index contributed by atoms with van der Waals surface area (Å²) in [6.45, 7) is 0. The molecule has 0 unspecified atom stereocenters. The van der Waals surface area contributed by atoms with E-state index < -0.39 is 0 Å². The highest BCUT2D eigenvalue weighted by atomic mass is 15.1. The predicted molar refractivity (Wildman–Crippen MR) is 174 cm³/mol. The van der Waals surface area contributed by atoms with E-state index in [1.807, 2.05) is 66.2 Å². The van der Waals surface area contributed by atoms with E-state index in [0.29, 0.717) is 5.56 Å². The van der Waals surface area contributed by atoms with Crippen molar-refractivity contribution in [1.29, 1.82) is 5.26 Å². The molecule has 0 saturated carbocycles. The zero-order valence-electron chi connectivity index (χ0n) is 23.8. The summed E-state index contributed by atoms with van der Waals surface area (Å²) >= 11 is 0. The molecule has 9 rings (SSSR count). The van der Waals surface area contributed by atoms with Crippen LogP contribution in [-0.4, -0.2) is 18.7 Å². The van der Waals surface area contributed by atoms with Crippen LogP contribution >= 0.6 is 0 Å². The largest absolute Gasteiger partial charge is 0.319 e. The van der Waals surface area contributed by atoms with Gasteiger partial charge in [-0.15, -0.1) is 0 Å². The van der Waals surface area contributed by atoms with Crippen molar-refractivity contribution >= 4 is 54.9 Å². The Kier molecular flexibility index (Phi) is 5.08. The van der Waals surface area contributed by atoms with Gasteiger partial charge in [-0.25, -0.2) is 4.98 Å². The molecule has 0 amide bonds. The number of rotatable bonds is 3. The number of hydrogen-bond acceptors (Lipinski definition) is 2.